The van der Waals surface area contributed by atoms with Crippen LogP contribution in [0, 0.1) is 5.92 Å². The maximum absolute atomic E-state index is 5.69. The van der Waals surface area contributed by atoms with E-state index in [1.54, 1.807) is 7.11 Å². The van der Waals surface area contributed by atoms with Crippen LogP contribution in [-0.4, -0.2) is 23.6 Å². The first-order chi connectivity index (χ1) is 9.35. The minimum absolute atomic E-state index is 0.0573. The summed E-state index contributed by atoms with van der Waals surface area (Å²) in [6.45, 7) is 3.85. The molecule has 0 bridgehead atoms. The van der Waals surface area contributed by atoms with Gasteiger partial charge in [-0.15, -0.1) is 0 Å². The third-order valence-electron chi connectivity index (χ3n) is 3.87. The maximum Gasteiger partial charge on any atom is 0.157 e. The van der Waals surface area contributed by atoms with Crippen LogP contribution in [0.3, 0.4) is 0 Å². The van der Waals surface area contributed by atoms with Gasteiger partial charge in [-0.1, -0.05) is 26.2 Å². The second-order valence-electron chi connectivity index (χ2n) is 5.24. The van der Waals surface area contributed by atoms with Gasteiger partial charge in [0.05, 0.1) is 5.69 Å². The zero-order valence-corrected chi connectivity index (χ0v) is 12.1. The average molecular weight is 263 g/mol. The molecule has 0 saturated heterocycles. The van der Waals surface area contributed by atoms with Gasteiger partial charge in [0.25, 0.3) is 0 Å². The Morgan fingerprint density at radius 3 is 2.84 bits per heavy atom. The Bertz CT molecular complexity index is 377. The van der Waals surface area contributed by atoms with Crippen LogP contribution in [0.2, 0.25) is 0 Å². The van der Waals surface area contributed by atoms with E-state index < -0.39 is 0 Å². The Morgan fingerprint density at radius 2 is 2.16 bits per heavy atom. The molecule has 0 aliphatic heterocycles. The Morgan fingerprint density at radius 1 is 1.37 bits per heavy atom. The van der Waals surface area contributed by atoms with E-state index in [4.69, 9.17) is 4.74 Å². The highest BCUT2D eigenvalue weighted by Gasteiger charge is 2.27. The van der Waals surface area contributed by atoms with Crippen LogP contribution in [0.25, 0.3) is 0 Å². The first-order valence-corrected chi connectivity index (χ1v) is 7.40. The summed E-state index contributed by atoms with van der Waals surface area (Å²) in [6, 6.07) is 1.97. The summed E-state index contributed by atoms with van der Waals surface area (Å²) >= 11 is 0. The fraction of sp³-hybridized carbons (Fsp3) is 0.733. The number of ether oxygens (including phenoxy) is 1. The van der Waals surface area contributed by atoms with Gasteiger partial charge in [0.1, 0.15) is 6.10 Å². The molecule has 1 N–H and O–H groups in total. The lowest BCUT2D eigenvalue weighted by atomic mass is 9.85. The second-order valence-corrected chi connectivity index (χ2v) is 5.24. The van der Waals surface area contributed by atoms with E-state index >= 15 is 0 Å². The fourth-order valence-corrected chi connectivity index (χ4v) is 2.85. The lowest BCUT2D eigenvalue weighted by Gasteiger charge is -2.28. The molecule has 106 valence electrons. The van der Waals surface area contributed by atoms with E-state index in [9.17, 15) is 0 Å². The molecular formula is C15H25N3O. The van der Waals surface area contributed by atoms with Crippen LogP contribution in [0.15, 0.2) is 12.3 Å². The molecule has 19 heavy (non-hydrogen) atoms. The van der Waals surface area contributed by atoms with Crippen molar-refractivity contribution >= 4 is 0 Å². The zero-order valence-electron chi connectivity index (χ0n) is 12.1. The second kappa shape index (κ2) is 7.56. The van der Waals surface area contributed by atoms with E-state index in [2.05, 4.69) is 22.2 Å². The van der Waals surface area contributed by atoms with Crippen molar-refractivity contribution in [1.82, 2.24) is 15.3 Å². The van der Waals surface area contributed by atoms with Crippen molar-refractivity contribution in [1.29, 1.82) is 0 Å². The maximum atomic E-state index is 5.69. The first-order valence-electron chi connectivity index (χ1n) is 7.40. The Kier molecular flexibility index (Phi) is 5.73. The van der Waals surface area contributed by atoms with Crippen LogP contribution in [0.1, 0.15) is 56.7 Å². The van der Waals surface area contributed by atoms with Gasteiger partial charge in [0, 0.05) is 19.9 Å². The van der Waals surface area contributed by atoms with Crippen LogP contribution in [0.4, 0.5) is 0 Å². The average Bonchev–Trinajstić information content (AvgIpc) is 2.47. The molecule has 0 radical (unpaired) electrons. The number of hydrogen-bond acceptors (Lipinski definition) is 4. The van der Waals surface area contributed by atoms with Crippen LogP contribution >= 0.6 is 0 Å². The molecule has 1 aliphatic rings. The number of aromatic nitrogens is 2. The zero-order chi connectivity index (χ0) is 13.5. The number of nitrogens with zero attached hydrogens (tertiary/aromatic N) is 2. The van der Waals surface area contributed by atoms with E-state index in [0.717, 1.165) is 24.6 Å². The van der Waals surface area contributed by atoms with Gasteiger partial charge in [-0.25, -0.2) is 9.97 Å². The van der Waals surface area contributed by atoms with E-state index in [-0.39, 0.29) is 6.10 Å². The molecule has 0 amide bonds. The molecule has 1 aromatic heterocycles. The number of hydrogen-bond donors (Lipinski definition) is 1. The molecule has 1 aromatic rings. The summed E-state index contributed by atoms with van der Waals surface area (Å²) < 4.78 is 5.69. The highest BCUT2D eigenvalue weighted by atomic mass is 16.5. The number of rotatable bonds is 6. The topological polar surface area (TPSA) is 47.0 Å². The number of methoxy groups -OCH3 is 1. The fourth-order valence-electron chi connectivity index (χ4n) is 2.85. The Balaban J connectivity index is 2.08. The lowest BCUT2D eigenvalue weighted by Crippen LogP contribution is -2.21. The van der Waals surface area contributed by atoms with Gasteiger partial charge in [-0.3, -0.25) is 0 Å². The van der Waals surface area contributed by atoms with Crippen LogP contribution in [0.5, 0.6) is 0 Å². The van der Waals surface area contributed by atoms with Crippen LogP contribution in [-0.2, 0) is 11.3 Å². The van der Waals surface area contributed by atoms with Gasteiger partial charge in [-0.05, 0) is 31.4 Å². The molecule has 0 spiro atoms. The molecule has 4 heteroatoms. The van der Waals surface area contributed by atoms with Crippen molar-refractivity contribution in [2.75, 3.05) is 13.7 Å². The quantitative estimate of drug-likeness (QED) is 0.857. The SMILES string of the molecule is CCNCc1ccnc(C(OC)C2CCCCC2)n1. The molecule has 1 fully saturated rings. The van der Waals surface area contributed by atoms with Gasteiger partial charge >= 0.3 is 0 Å². The lowest BCUT2D eigenvalue weighted by molar-refractivity contribution is 0.0287. The summed E-state index contributed by atoms with van der Waals surface area (Å²) in [7, 11) is 1.78. The molecular weight excluding hydrogens is 238 g/mol. The normalized spacial score (nSPS) is 18.4. The van der Waals surface area contributed by atoms with Gasteiger partial charge in [0.2, 0.25) is 0 Å². The minimum Gasteiger partial charge on any atom is -0.373 e. The molecule has 1 heterocycles. The third-order valence-corrected chi connectivity index (χ3v) is 3.87. The largest absolute Gasteiger partial charge is 0.373 e. The monoisotopic (exact) mass is 263 g/mol. The molecule has 4 nitrogen and oxygen atoms in total. The highest BCUT2D eigenvalue weighted by Crippen LogP contribution is 2.34. The summed E-state index contributed by atoms with van der Waals surface area (Å²) in [6.07, 6.45) is 8.35. The van der Waals surface area contributed by atoms with Crippen molar-refractivity contribution in [3.63, 3.8) is 0 Å². The van der Waals surface area contributed by atoms with E-state index in [1.165, 1.54) is 32.1 Å². The number of nitrogens with one attached hydrogen (secondary N) is 1. The summed E-state index contributed by atoms with van der Waals surface area (Å²) in [5.74, 6) is 1.43. The van der Waals surface area contributed by atoms with Crippen molar-refractivity contribution < 1.29 is 4.74 Å². The van der Waals surface area contributed by atoms with E-state index in [1.807, 2.05) is 12.3 Å². The highest BCUT2D eigenvalue weighted by molar-refractivity contribution is 5.05. The Hall–Kier alpha value is -1.00. The first kappa shape index (κ1) is 14.4. The van der Waals surface area contributed by atoms with Crippen molar-refractivity contribution in [2.45, 2.75) is 51.7 Å². The molecule has 1 unspecified atom stereocenters. The summed E-state index contributed by atoms with van der Waals surface area (Å²) in [5.41, 5.74) is 1.05. The van der Waals surface area contributed by atoms with Gasteiger partial charge < -0.3 is 10.1 Å². The molecule has 2 rings (SSSR count). The van der Waals surface area contributed by atoms with Crippen molar-refractivity contribution in [3.05, 3.63) is 23.8 Å². The molecule has 1 aliphatic carbocycles. The molecule has 1 atom stereocenters. The third kappa shape index (κ3) is 3.98. The summed E-state index contributed by atoms with van der Waals surface area (Å²) in [5, 5.41) is 3.30. The summed E-state index contributed by atoms with van der Waals surface area (Å²) in [4.78, 5) is 9.09. The van der Waals surface area contributed by atoms with Gasteiger partial charge in [-0.2, -0.15) is 0 Å². The Labute approximate surface area is 116 Å². The van der Waals surface area contributed by atoms with Gasteiger partial charge in [0.15, 0.2) is 5.82 Å². The van der Waals surface area contributed by atoms with Crippen LogP contribution < -0.4 is 5.32 Å². The molecule has 1 saturated carbocycles. The molecule has 0 aromatic carbocycles. The minimum atomic E-state index is 0.0573. The standard InChI is InChI=1S/C15H25N3O/c1-3-16-11-13-9-10-17-15(18-13)14(19-2)12-7-5-4-6-8-12/h9-10,12,14,16H,3-8,11H2,1-2H3. The van der Waals surface area contributed by atoms with Crippen molar-refractivity contribution in [3.8, 4) is 0 Å². The predicted molar refractivity (Wildman–Crippen MR) is 75.7 cm³/mol. The smallest absolute Gasteiger partial charge is 0.157 e. The van der Waals surface area contributed by atoms with E-state index in [0.29, 0.717) is 5.92 Å². The van der Waals surface area contributed by atoms with Crippen molar-refractivity contribution in [2.24, 2.45) is 5.92 Å². The predicted octanol–water partition coefficient (Wildman–Crippen LogP) is 2.85.